The molecule has 0 heteroatoms. The molecule has 0 saturated heterocycles. The molecule has 0 bridgehead atoms. The van der Waals surface area contributed by atoms with E-state index >= 15 is 0 Å². The van der Waals surface area contributed by atoms with Crippen molar-refractivity contribution in [2.45, 2.75) is 32.6 Å². The van der Waals surface area contributed by atoms with Crippen molar-refractivity contribution in [1.82, 2.24) is 0 Å². The topological polar surface area (TPSA) is 0 Å². The molecule has 0 aliphatic heterocycles. The van der Waals surface area contributed by atoms with Crippen molar-refractivity contribution < 1.29 is 0 Å². The maximum Gasteiger partial charge on any atom is -0.00578 e. The molecule has 67 valence electrons. The Labute approximate surface area is 80.3 Å². The molecule has 0 fully saturated rings. The molecule has 1 aromatic carbocycles. The molecule has 13 heavy (non-hydrogen) atoms. The SMILES string of the molecule is CCCCCC1=[C]c2ccccc21. The van der Waals surface area contributed by atoms with Crippen LogP contribution in [0.25, 0.3) is 5.57 Å². The highest BCUT2D eigenvalue weighted by Gasteiger charge is 2.14. The van der Waals surface area contributed by atoms with Gasteiger partial charge in [-0.15, -0.1) is 0 Å². The van der Waals surface area contributed by atoms with Gasteiger partial charge >= 0.3 is 0 Å². The minimum Gasteiger partial charge on any atom is -0.0654 e. The fraction of sp³-hybridized carbons (Fsp3) is 0.385. The van der Waals surface area contributed by atoms with Crippen LogP contribution in [0.5, 0.6) is 0 Å². The molecule has 1 aliphatic rings. The summed E-state index contributed by atoms with van der Waals surface area (Å²) in [4.78, 5) is 0. The smallest absolute Gasteiger partial charge is 0.00578 e. The van der Waals surface area contributed by atoms with Crippen molar-refractivity contribution in [1.29, 1.82) is 0 Å². The molecule has 0 aromatic heterocycles. The standard InChI is InChI=1S/C13H15/c1-2-3-4-7-11-10-12-8-5-6-9-13(11)12/h5-6,8-9H,2-4,7H2,1H3. The zero-order valence-corrected chi connectivity index (χ0v) is 8.14. The van der Waals surface area contributed by atoms with E-state index in [2.05, 4.69) is 37.3 Å². The van der Waals surface area contributed by atoms with Crippen LogP contribution in [0, 0.1) is 6.08 Å². The van der Waals surface area contributed by atoms with Crippen molar-refractivity contribution in [3.05, 3.63) is 41.5 Å². The second-order valence-corrected chi connectivity index (χ2v) is 3.61. The number of unbranched alkanes of at least 4 members (excludes halogenated alkanes) is 2. The Bertz CT molecular complexity index is 321. The first kappa shape index (κ1) is 8.55. The summed E-state index contributed by atoms with van der Waals surface area (Å²) in [5.74, 6) is 0. The van der Waals surface area contributed by atoms with Crippen LogP contribution in [-0.2, 0) is 0 Å². The Morgan fingerprint density at radius 1 is 1.15 bits per heavy atom. The molecule has 0 atom stereocenters. The third-order valence-electron chi connectivity index (χ3n) is 2.57. The fourth-order valence-electron chi connectivity index (χ4n) is 1.77. The Balaban J connectivity index is 1.92. The van der Waals surface area contributed by atoms with Crippen molar-refractivity contribution in [3.8, 4) is 0 Å². The molecular formula is C13H15. The van der Waals surface area contributed by atoms with Crippen LogP contribution in [0.1, 0.15) is 43.7 Å². The van der Waals surface area contributed by atoms with Crippen molar-refractivity contribution in [2.75, 3.05) is 0 Å². The first-order chi connectivity index (χ1) is 6.42. The first-order valence-electron chi connectivity index (χ1n) is 5.14. The Hall–Kier alpha value is -1.04. The second-order valence-electron chi connectivity index (χ2n) is 3.61. The number of allylic oxidation sites excluding steroid dienone is 1. The second kappa shape index (κ2) is 3.78. The summed E-state index contributed by atoms with van der Waals surface area (Å²) in [5, 5.41) is 0. The van der Waals surface area contributed by atoms with Crippen LogP contribution in [0.3, 0.4) is 0 Å². The third-order valence-corrected chi connectivity index (χ3v) is 2.57. The molecule has 0 heterocycles. The highest BCUT2D eigenvalue weighted by Crippen LogP contribution is 2.33. The van der Waals surface area contributed by atoms with Gasteiger partial charge in [-0.1, -0.05) is 44.0 Å². The van der Waals surface area contributed by atoms with Gasteiger partial charge in [-0.2, -0.15) is 0 Å². The van der Waals surface area contributed by atoms with Crippen LogP contribution in [-0.4, -0.2) is 0 Å². The zero-order chi connectivity index (χ0) is 9.10. The van der Waals surface area contributed by atoms with Crippen molar-refractivity contribution in [2.24, 2.45) is 0 Å². The Morgan fingerprint density at radius 3 is 2.77 bits per heavy atom. The lowest BCUT2D eigenvalue weighted by molar-refractivity contribution is 0.733. The summed E-state index contributed by atoms with van der Waals surface area (Å²) in [7, 11) is 0. The molecule has 0 unspecified atom stereocenters. The van der Waals surface area contributed by atoms with E-state index in [4.69, 9.17) is 0 Å². The van der Waals surface area contributed by atoms with Crippen LogP contribution in [0.2, 0.25) is 0 Å². The zero-order valence-electron chi connectivity index (χ0n) is 8.14. The molecule has 0 spiro atoms. The van der Waals surface area contributed by atoms with Crippen molar-refractivity contribution >= 4 is 5.57 Å². The van der Waals surface area contributed by atoms with Crippen LogP contribution >= 0.6 is 0 Å². The Morgan fingerprint density at radius 2 is 2.00 bits per heavy atom. The number of rotatable bonds is 4. The van der Waals surface area contributed by atoms with E-state index in [1.165, 1.54) is 42.4 Å². The largest absolute Gasteiger partial charge is 0.0654 e. The van der Waals surface area contributed by atoms with Gasteiger partial charge in [0, 0.05) is 0 Å². The molecule has 1 radical (unpaired) electrons. The lowest BCUT2D eigenvalue weighted by Crippen LogP contribution is -2.00. The summed E-state index contributed by atoms with van der Waals surface area (Å²) in [6, 6.07) is 8.53. The molecule has 0 nitrogen and oxygen atoms in total. The molecule has 2 rings (SSSR count). The minimum atomic E-state index is 1.21. The highest BCUT2D eigenvalue weighted by molar-refractivity contribution is 5.78. The fourth-order valence-corrected chi connectivity index (χ4v) is 1.77. The van der Waals surface area contributed by atoms with Crippen LogP contribution in [0.4, 0.5) is 0 Å². The number of benzene rings is 1. The van der Waals surface area contributed by atoms with Gasteiger partial charge < -0.3 is 0 Å². The lowest BCUT2D eigenvalue weighted by Gasteiger charge is -2.18. The predicted octanol–water partition coefficient (Wildman–Crippen LogP) is 3.82. The highest BCUT2D eigenvalue weighted by atomic mass is 14.2. The van der Waals surface area contributed by atoms with E-state index in [0.717, 1.165) is 0 Å². The van der Waals surface area contributed by atoms with E-state index in [-0.39, 0.29) is 0 Å². The summed E-state index contributed by atoms with van der Waals surface area (Å²) < 4.78 is 0. The van der Waals surface area contributed by atoms with Crippen LogP contribution < -0.4 is 0 Å². The van der Waals surface area contributed by atoms with Gasteiger partial charge in [0.05, 0.1) is 0 Å². The molecule has 0 N–H and O–H groups in total. The van der Waals surface area contributed by atoms with E-state index < -0.39 is 0 Å². The average molecular weight is 171 g/mol. The first-order valence-corrected chi connectivity index (χ1v) is 5.14. The molecule has 0 saturated carbocycles. The van der Waals surface area contributed by atoms with Gasteiger partial charge in [0.2, 0.25) is 0 Å². The summed E-state index contributed by atoms with van der Waals surface area (Å²) in [6.45, 7) is 2.24. The van der Waals surface area contributed by atoms with Gasteiger partial charge in [0.1, 0.15) is 0 Å². The van der Waals surface area contributed by atoms with E-state index in [9.17, 15) is 0 Å². The van der Waals surface area contributed by atoms with Gasteiger partial charge in [-0.05, 0) is 35.6 Å². The van der Waals surface area contributed by atoms with Gasteiger partial charge in [-0.25, -0.2) is 0 Å². The normalized spacial score (nSPS) is 13.2. The molecule has 1 aliphatic carbocycles. The summed E-state index contributed by atoms with van der Waals surface area (Å²) >= 11 is 0. The summed E-state index contributed by atoms with van der Waals surface area (Å²) in [5.41, 5.74) is 4.16. The van der Waals surface area contributed by atoms with Gasteiger partial charge in [-0.3, -0.25) is 0 Å². The molecular weight excluding hydrogens is 156 g/mol. The maximum atomic E-state index is 3.40. The minimum absolute atomic E-state index is 1.21. The maximum absolute atomic E-state index is 3.40. The van der Waals surface area contributed by atoms with Gasteiger partial charge in [0.15, 0.2) is 0 Å². The van der Waals surface area contributed by atoms with E-state index in [1.807, 2.05) is 0 Å². The quantitative estimate of drug-likeness (QED) is 0.604. The Kier molecular flexibility index (Phi) is 2.49. The number of fused-ring (bicyclic) bond motifs is 1. The van der Waals surface area contributed by atoms with Crippen LogP contribution in [0.15, 0.2) is 24.3 Å². The van der Waals surface area contributed by atoms with Crippen molar-refractivity contribution in [3.63, 3.8) is 0 Å². The lowest BCUT2D eigenvalue weighted by atomic mass is 9.86. The predicted molar refractivity (Wildman–Crippen MR) is 56.3 cm³/mol. The monoisotopic (exact) mass is 171 g/mol. The number of hydrogen-bond donors (Lipinski definition) is 0. The van der Waals surface area contributed by atoms with E-state index in [1.54, 1.807) is 0 Å². The molecule has 0 amide bonds. The average Bonchev–Trinajstić information content (AvgIpc) is 2.13. The van der Waals surface area contributed by atoms with E-state index in [0.29, 0.717) is 0 Å². The number of hydrogen-bond acceptors (Lipinski definition) is 0. The van der Waals surface area contributed by atoms with Gasteiger partial charge in [0.25, 0.3) is 0 Å². The molecule has 1 aromatic rings. The third kappa shape index (κ3) is 1.67. The summed E-state index contributed by atoms with van der Waals surface area (Å²) in [6.07, 6.45) is 8.57.